The normalized spacial score (nSPS) is 14.8. The van der Waals surface area contributed by atoms with E-state index in [9.17, 15) is 4.79 Å². The standard InChI is InChI=1S/C14H18N4OS/c1-9(2)12-15-13(17-16-12)14(19)18(11-3-4-11)7-10-5-6-20-8-10/h5-6,8-9,11H,3-4,7H2,1-2H3,(H,15,16,17). The first-order valence-corrected chi connectivity index (χ1v) is 7.83. The summed E-state index contributed by atoms with van der Waals surface area (Å²) < 4.78 is 0. The van der Waals surface area contributed by atoms with Crippen LogP contribution in [-0.4, -0.2) is 32.0 Å². The second kappa shape index (κ2) is 5.36. The van der Waals surface area contributed by atoms with Crippen LogP contribution in [0.5, 0.6) is 0 Å². The maximum absolute atomic E-state index is 12.6. The molecule has 6 heteroatoms. The number of carbonyl (C=O) groups is 1. The van der Waals surface area contributed by atoms with Gasteiger partial charge in [-0.3, -0.25) is 9.89 Å². The maximum Gasteiger partial charge on any atom is 0.294 e. The summed E-state index contributed by atoms with van der Waals surface area (Å²) in [4.78, 5) is 18.8. The fourth-order valence-corrected chi connectivity index (χ4v) is 2.75. The molecule has 2 aromatic heterocycles. The van der Waals surface area contributed by atoms with Crippen LogP contribution in [0.4, 0.5) is 0 Å². The molecule has 1 amide bonds. The van der Waals surface area contributed by atoms with Crippen molar-refractivity contribution in [3.63, 3.8) is 0 Å². The van der Waals surface area contributed by atoms with Gasteiger partial charge in [-0.05, 0) is 35.2 Å². The molecule has 0 radical (unpaired) electrons. The van der Waals surface area contributed by atoms with E-state index in [1.807, 2.05) is 24.1 Å². The summed E-state index contributed by atoms with van der Waals surface area (Å²) in [5.41, 5.74) is 1.18. The number of rotatable bonds is 5. The Labute approximate surface area is 122 Å². The largest absolute Gasteiger partial charge is 0.329 e. The van der Waals surface area contributed by atoms with Crippen LogP contribution in [0.25, 0.3) is 0 Å². The molecule has 3 rings (SSSR count). The number of thiophene rings is 1. The molecule has 2 heterocycles. The molecule has 20 heavy (non-hydrogen) atoms. The first-order valence-electron chi connectivity index (χ1n) is 6.89. The number of nitrogens with one attached hydrogen (secondary N) is 1. The molecular formula is C14H18N4OS. The number of hydrogen-bond acceptors (Lipinski definition) is 4. The highest BCUT2D eigenvalue weighted by Gasteiger charge is 2.34. The highest BCUT2D eigenvalue weighted by molar-refractivity contribution is 7.07. The summed E-state index contributed by atoms with van der Waals surface area (Å²) in [5.74, 6) is 1.23. The quantitative estimate of drug-likeness (QED) is 0.921. The highest BCUT2D eigenvalue weighted by Crippen LogP contribution is 2.29. The predicted molar refractivity (Wildman–Crippen MR) is 77.7 cm³/mol. The van der Waals surface area contributed by atoms with E-state index in [0.717, 1.165) is 18.7 Å². The molecule has 1 fully saturated rings. The molecular weight excluding hydrogens is 272 g/mol. The Morgan fingerprint density at radius 2 is 2.35 bits per heavy atom. The number of aromatic amines is 1. The second-order valence-corrected chi connectivity index (χ2v) is 6.27. The van der Waals surface area contributed by atoms with Crippen molar-refractivity contribution in [1.82, 2.24) is 20.1 Å². The van der Waals surface area contributed by atoms with Crippen molar-refractivity contribution in [3.05, 3.63) is 34.0 Å². The van der Waals surface area contributed by atoms with Crippen LogP contribution in [-0.2, 0) is 6.54 Å². The molecule has 0 atom stereocenters. The molecule has 0 saturated heterocycles. The van der Waals surface area contributed by atoms with E-state index in [1.54, 1.807) is 11.3 Å². The van der Waals surface area contributed by atoms with Gasteiger partial charge in [0.2, 0.25) is 5.82 Å². The average molecular weight is 290 g/mol. The Morgan fingerprint density at radius 3 is 2.90 bits per heavy atom. The lowest BCUT2D eigenvalue weighted by molar-refractivity contribution is 0.0718. The van der Waals surface area contributed by atoms with Gasteiger partial charge >= 0.3 is 0 Å². The van der Waals surface area contributed by atoms with Crippen LogP contribution in [0, 0.1) is 0 Å². The van der Waals surface area contributed by atoms with E-state index >= 15 is 0 Å². The smallest absolute Gasteiger partial charge is 0.294 e. The molecule has 0 bridgehead atoms. The minimum atomic E-state index is -0.0677. The van der Waals surface area contributed by atoms with Gasteiger partial charge in [0, 0.05) is 18.5 Å². The Bertz CT molecular complexity index is 586. The number of nitrogens with zero attached hydrogens (tertiary/aromatic N) is 3. The van der Waals surface area contributed by atoms with Gasteiger partial charge < -0.3 is 4.90 Å². The van der Waals surface area contributed by atoms with Crippen LogP contribution >= 0.6 is 11.3 Å². The van der Waals surface area contributed by atoms with Gasteiger partial charge in [0.1, 0.15) is 5.82 Å². The number of amides is 1. The minimum Gasteiger partial charge on any atom is -0.329 e. The van der Waals surface area contributed by atoms with Crippen LogP contribution in [0.2, 0.25) is 0 Å². The number of H-pyrrole nitrogens is 1. The van der Waals surface area contributed by atoms with Crippen molar-refractivity contribution in [2.24, 2.45) is 0 Å². The van der Waals surface area contributed by atoms with E-state index in [0.29, 0.717) is 12.6 Å². The number of carbonyl (C=O) groups excluding carboxylic acids is 1. The van der Waals surface area contributed by atoms with E-state index in [1.165, 1.54) is 5.56 Å². The lowest BCUT2D eigenvalue weighted by Crippen LogP contribution is -2.33. The maximum atomic E-state index is 12.6. The van der Waals surface area contributed by atoms with Crippen molar-refractivity contribution in [1.29, 1.82) is 0 Å². The SMILES string of the molecule is CC(C)c1nc(C(=O)N(Cc2ccsc2)C2CC2)n[nH]1. The zero-order valence-electron chi connectivity index (χ0n) is 11.7. The summed E-state index contributed by atoms with van der Waals surface area (Å²) in [7, 11) is 0. The molecule has 1 N–H and O–H groups in total. The fourth-order valence-electron chi connectivity index (χ4n) is 2.09. The Kier molecular flexibility index (Phi) is 3.56. The molecule has 0 unspecified atom stereocenters. The Balaban J connectivity index is 1.78. The van der Waals surface area contributed by atoms with Gasteiger partial charge in [0.15, 0.2) is 0 Å². The summed E-state index contributed by atoms with van der Waals surface area (Å²) in [6.45, 7) is 4.70. The van der Waals surface area contributed by atoms with Crippen molar-refractivity contribution in [2.75, 3.05) is 0 Å². The van der Waals surface area contributed by atoms with Gasteiger partial charge in [-0.15, -0.1) is 5.10 Å². The highest BCUT2D eigenvalue weighted by atomic mass is 32.1. The molecule has 5 nitrogen and oxygen atoms in total. The fraction of sp³-hybridized carbons (Fsp3) is 0.500. The minimum absolute atomic E-state index is 0.0677. The van der Waals surface area contributed by atoms with Crippen molar-refractivity contribution < 1.29 is 4.79 Å². The Morgan fingerprint density at radius 1 is 1.55 bits per heavy atom. The first-order chi connectivity index (χ1) is 9.65. The van der Waals surface area contributed by atoms with E-state index in [4.69, 9.17) is 0 Å². The van der Waals surface area contributed by atoms with Crippen molar-refractivity contribution >= 4 is 17.2 Å². The molecule has 2 aromatic rings. The van der Waals surface area contributed by atoms with Gasteiger partial charge in [0.25, 0.3) is 5.91 Å². The average Bonchev–Trinajstić information content (AvgIpc) is 2.95. The summed E-state index contributed by atoms with van der Waals surface area (Å²) in [6, 6.07) is 2.41. The van der Waals surface area contributed by atoms with Crippen LogP contribution < -0.4 is 0 Å². The van der Waals surface area contributed by atoms with E-state index in [-0.39, 0.29) is 17.6 Å². The third-order valence-electron chi connectivity index (χ3n) is 3.42. The second-order valence-electron chi connectivity index (χ2n) is 5.49. The topological polar surface area (TPSA) is 61.9 Å². The first kappa shape index (κ1) is 13.3. The molecule has 1 saturated carbocycles. The summed E-state index contributed by atoms with van der Waals surface area (Å²) >= 11 is 1.65. The van der Waals surface area contributed by atoms with E-state index in [2.05, 4.69) is 26.6 Å². The number of hydrogen-bond donors (Lipinski definition) is 1. The molecule has 0 aliphatic heterocycles. The summed E-state index contributed by atoms with van der Waals surface area (Å²) in [6.07, 6.45) is 2.16. The third-order valence-corrected chi connectivity index (χ3v) is 4.15. The summed E-state index contributed by atoms with van der Waals surface area (Å²) in [5, 5.41) is 11.0. The van der Waals surface area contributed by atoms with Gasteiger partial charge in [-0.2, -0.15) is 11.3 Å². The van der Waals surface area contributed by atoms with E-state index < -0.39 is 0 Å². The van der Waals surface area contributed by atoms with Crippen LogP contribution in [0.15, 0.2) is 16.8 Å². The lowest BCUT2D eigenvalue weighted by atomic mass is 10.2. The molecule has 1 aliphatic carbocycles. The van der Waals surface area contributed by atoms with Crippen molar-refractivity contribution in [2.45, 2.75) is 45.2 Å². The molecule has 0 spiro atoms. The van der Waals surface area contributed by atoms with Gasteiger partial charge in [-0.1, -0.05) is 13.8 Å². The predicted octanol–water partition coefficient (Wildman–Crippen LogP) is 2.79. The van der Waals surface area contributed by atoms with Gasteiger partial charge in [-0.25, -0.2) is 4.98 Å². The lowest BCUT2D eigenvalue weighted by Gasteiger charge is -2.20. The molecule has 0 aromatic carbocycles. The Hall–Kier alpha value is -1.69. The number of aromatic nitrogens is 3. The van der Waals surface area contributed by atoms with Gasteiger partial charge in [0.05, 0.1) is 0 Å². The zero-order valence-corrected chi connectivity index (χ0v) is 12.5. The third kappa shape index (κ3) is 2.75. The van der Waals surface area contributed by atoms with Crippen LogP contribution in [0.1, 0.15) is 54.6 Å². The zero-order chi connectivity index (χ0) is 14.1. The van der Waals surface area contributed by atoms with Crippen LogP contribution in [0.3, 0.4) is 0 Å². The molecule has 1 aliphatic rings. The monoisotopic (exact) mass is 290 g/mol. The molecule has 106 valence electrons. The van der Waals surface area contributed by atoms with Crippen molar-refractivity contribution in [3.8, 4) is 0 Å².